The van der Waals surface area contributed by atoms with Crippen molar-refractivity contribution >= 4 is 17.5 Å². The first kappa shape index (κ1) is 16.8. The highest BCUT2D eigenvalue weighted by atomic mass is 16.5. The molecule has 10 heteroatoms. The summed E-state index contributed by atoms with van der Waals surface area (Å²) < 4.78 is 7.43. The average Bonchev–Trinajstić information content (AvgIpc) is 2.65. The van der Waals surface area contributed by atoms with Crippen LogP contribution in [0.4, 0.5) is 11.6 Å². The molecular formula is C15H18N6O4. The molecule has 1 aliphatic rings. The van der Waals surface area contributed by atoms with E-state index in [1.54, 1.807) is 6.07 Å². The minimum Gasteiger partial charge on any atom is -0.378 e. The van der Waals surface area contributed by atoms with E-state index < -0.39 is 17.2 Å². The van der Waals surface area contributed by atoms with Gasteiger partial charge in [0.25, 0.3) is 11.5 Å². The summed E-state index contributed by atoms with van der Waals surface area (Å²) in [6.07, 6.45) is 1.31. The van der Waals surface area contributed by atoms with Crippen LogP contribution in [0.25, 0.3) is 0 Å². The lowest BCUT2D eigenvalue weighted by atomic mass is 10.3. The number of anilines is 2. The molecule has 1 amide bonds. The van der Waals surface area contributed by atoms with Crippen molar-refractivity contribution in [1.29, 1.82) is 0 Å². The number of morpholine rings is 1. The number of carbonyl (C=O) groups is 1. The molecule has 0 bridgehead atoms. The van der Waals surface area contributed by atoms with Crippen molar-refractivity contribution in [2.45, 2.75) is 0 Å². The van der Waals surface area contributed by atoms with E-state index in [4.69, 9.17) is 4.74 Å². The lowest BCUT2D eigenvalue weighted by molar-refractivity contribution is 0.102. The van der Waals surface area contributed by atoms with Gasteiger partial charge in [-0.3, -0.25) is 18.7 Å². The number of nitrogens with zero attached hydrogens (tertiary/aromatic N) is 5. The zero-order chi connectivity index (χ0) is 18.0. The number of ether oxygens (including phenoxy) is 1. The van der Waals surface area contributed by atoms with Gasteiger partial charge in [0.15, 0.2) is 0 Å². The van der Waals surface area contributed by atoms with E-state index in [2.05, 4.69) is 15.3 Å². The van der Waals surface area contributed by atoms with Gasteiger partial charge >= 0.3 is 5.69 Å². The van der Waals surface area contributed by atoms with Crippen LogP contribution >= 0.6 is 0 Å². The third kappa shape index (κ3) is 3.43. The van der Waals surface area contributed by atoms with Crippen molar-refractivity contribution in [3.05, 3.63) is 45.0 Å². The Labute approximate surface area is 142 Å². The Hall–Kier alpha value is -3.01. The van der Waals surface area contributed by atoms with Crippen molar-refractivity contribution in [1.82, 2.24) is 19.1 Å². The van der Waals surface area contributed by atoms with Crippen molar-refractivity contribution in [2.75, 3.05) is 36.5 Å². The highest BCUT2D eigenvalue weighted by Gasteiger charge is 2.17. The minimum atomic E-state index is -0.528. The molecule has 132 valence electrons. The molecule has 1 aliphatic heterocycles. The molecular weight excluding hydrogens is 328 g/mol. The first-order valence-electron chi connectivity index (χ1n) is 7.70. The minimum absolute atomic E-state index is 0.102. The van der Waals surface area contributed by atoms with E-state index in [1.807, 2.05) is 4.90 Å². The molecule has 0 atom stereocenters. The largest absolute Gasteiger partial charge is 0.378 e. The van der Waals surface area contributed by atoms with Gasteiger partial charge in [-0.2, -0.15) is 0 Å². The van der Waals surface area contributed by atoms with Crippen LogP contribution in [0.5, 0.6) is 0 Å². The fourth-order valence-electron chi connectivity index (χ4n) is 2.47. The number of nitrogens with one attached hydrogen (secondary N) is 1. The predicted octanol–water partition coefficient (Wildman–Crippen LogP) is -1.04. The van der Waals surface area contributed by atoms with Crippen LogP contribution in [0.2, 0.25) is 0 Å². The van der Waals surface area contributed by atoms with E-state index >= 15 is 0 Å². The second kappa shape index (κ2) is 6.85. The number of hydrogen-bond acceptors (Lipinski definition) is 7. The summed E-state index contributed by atoms with van der Waals surface area (Å²) in [7, 11) is 2.84. The molecule has 0 aromatic carbocycles. The standard InChI is InChI=1S/C15H18N6O4/c1-19-12(8-13(22)20(2)15(19)24)18-14(23)10-7-11(17-9-16-10)21-3-5-25-6-4-21/h7-9H,3-6H2,1-2H3,(H,18,23). The Bertz CT molecular complexity index is 913. The first-order valence-corrected chi connectivity index (χ1v) is 7.70. The van der Waals surface area contributed by atoms with Crippen LogP contribution in [0.15, 0.2) is 28.0 Å². The van der Waals surface area contributed by atoms with Gasteiger partial charge in [-0.1, -0.05) is 0 Å². The Kier molecular flexibility index (Phi) is 4.61. The van der Waals surface area contributed by atoms with Gasteiger partial charge in [-0.05, 0) is 0 Å². The molecule has 1 fully saturated rings. The molecule has 10 nitrogen and oxygen atoms in total. The van der Waals surface area contributed by atoms with E-state index in [0.29, 0.717) is 32.1 Å². The predicted molar refractivity (Wildman–Crippen MR) is 89.9 cm³/mol. The molecule has 0 spiro atoms. The highest BCUT2D eigenvalue weighted by Crippen LogP contribution is 2.13. The Morgan fingerprint density at radius 2 is 1.84 bits per heavy atom. The Balaban J connectivity index is 1.85. The van der Waals surface area contributed by atoms with Gasteiger partial charge in [0.1, 0.15) is 23.7 Å². The Morgan fingerprint density at radius 3 is 2.56 bits per heavy atom. The maximum Gasteiger partial charge on any atom is 0.332 e. The van der Waals surface area contributed by atoms with Crippen molar-refractivity contribution in [2.24, 2.45) is 14.1 Å². The van der Waals surface area contributed by atoms with E-state index in [0.717, 1.165) is 4.57 Å². The van der Waals surface area contributed by atoms with Gasteiger partial charge in [-0.25, -0.2) is 14.8 Å². The normalized spacial score (nSPS) is 14.4. The summed E-state index contributed by atoms with van der Waals surface area (Å²) in [5.41, 5.74) is -0.890. The molecule has 2 aromatic heterocycles. The van der Waals surface area contributed by atoms with Crippen LogP contribution in [0.3, 0.4) is 0 Å². The van der Waals surface area contributed by atoms with E-state index in [-0.39, 0.29) is 11.5 Å². The molecule has 1 N–H and O–H groups in total. The second-order valence-corrected chi connectivity index (χ2v) is 5.58. The fraction of sp³-hybridized carbons (Fsp3) is 0.400. The van der Waals surface area contributed by atoms with Crippen molar-refractivity contribution in [3.8, 4) is 0 Å². The summed E-state index contributed by atoms with van der Waals surface area (Å²) >= 11 is 0. The van der Waals surface area contributed by atoms with Crippen molar-refractivity contribution < 1.29 is 9.53 Å². The topological polar surface area (TPSA) is 111 Å². The average molecular weight is 346 g/mol. The maximum absolute atomic E-state index is 12.4. The molecule has 3 rings (SSSR count). The zero-order valence-electron chi connectivity index (χ0n) is 13.9. The van der Waals surface area contributed by atoms with E-state index in [1.165, 1.54) is 31.1 Å². The first-order chi connectivity index (χ1) is 12.0. The molecule has 0 aliphatic carbocycles. The number of aromatic nitrogens is 4. The Morgan fingerprint density at radius 1 is 1.12 bits per heavy atom. The monoisotopic (exact) mass is 346 g/mol. The molecule has 0 radical (unpaired) electrons. The highest BCUT2D eigenvalue weighted by molar-refractivity contribution is 6.02. The zero-order valence-corrected chi connectivity index (χ0v) is 13.9. The summed E-state index contributed by atoms with van der Waals surface area (Å²) in [5.74, 6) is 0.200. The van der Waals surface area contributed by atoms with Gasteiger partial charge in [0.05, 0.1) is 13.2 Å². The summed E-state index contributed by atoms with van der Waals surface area (Å²) in [6, 6.07) is 2.75. The number of rotatable bonds is 3. The van der Waals surface area contributed by atoms with Crippen LogP contribution in [-0.4, -0.2) is 51.3 Å². The molecule has 3 heterocycles. The number of carbonyl (C=O) groups excluding carboxylic acids is 1. The van der Waals surface area contributed by atoms with Gasteiger partial charge in [-0.15, -0.1) is 0 Å². The number of amides is 1. The third-order valence-electron chi connectivity index (χ3n) is 3.99. The quantitative estimate of drug-likeness (QED) is 0.756. The van der Waals surface area contributed by atoms with Gasteiger partial charge in [0, 0.05) is 39.3 Å². The van der Waals surface area contributed by atoms with E-state index in [9.17, 15) is 14.4 Å². The summed E-state index contributed by atoms with van der Waals surface area (Å²) in [4.78, 5) is 46.3. The molecule has 2 aromatic rings. The molecule has 0 unspecified atom stereocenters. The SMILES string of the molecule is Cn1c(NC(=O)c2cc(N3CCOCC3)ncn2)cc(=O)n(C)c1=O. The third-order valence-corrected chi connectivity index (χ3v) is 3.99. The van der Waals surface area contributed by atoms with Crippen molar-refractivity contribution in [3.63, 3.8) is 0 Å². The van der Waals surface area contributed by atoms with Crippen LogP contribution in [0, 0.1) is 0 Å². The molecule has 25 heavy (non-hydrogen) atoms. The second-order valence-electron chi connectivity index (χ2n) is 5.58. The van der Waals surface area contributed by atoms with Crippen LogP contribution in [0.1, 0.15) is 10.5 Å². The van der Waals surface area contributed by atoms with Crippen LogP contribution < -0.4 is 21.5 Å². The summed E-state index contributed by atoms with van der Waals surface area (Å²) in [5, 5.41) is 2.54. The fourth-order valence-corrected chi connectivity index (χ4v) is 2.47. The van der Waals surface area contributed by atoms with Gasteiger partial charge in [0.2, 0.25) is 0 Å². The smallest absolute Gasteiger partial charge is 0.332 e. The van der Waals surface area contributed by atoms with Crippen LogP contribution in [-0.2, 0) is 18.8 Å². The maximum atomic E-state index is 12.4. The lowest BCUT2D eigenvalue weighted by Gasteiger charge is -2.27. The van der Waals surface area contributed by atoms with Gasteiger partial charge < -0.3 is 15.0 Å². The number of hydrogen-bond donors (Lipinski definition) is 1. The molecule has 1 saturated heterocycles. The molecule has 0 saturated carbocycles. The summed E-state index contributed by atoms with van der Waals surface area (Å²) in [6.45, 7) is 2.56. The lowest BCUT2D eigenvalue weighted by Crippen LogP contribution is -2.38.